The Morgan fingerprint density at radius 1 is 0.816 bits per heavy atom. The maximum atomic E-state index is 14.1. The summed E-state index contributed by atoms with van der Waals surface area (Å²) in [5.74, 6) is -3.24. The number of amides is 2. The van der Waals surface area contributed by atoms with Crippen LogP contribution in [0.4, 0.5) is 8.78 Å². The molecule has 16 heteroatoms. The molecule has 0 fully saturated rings. The highest BCUT2D eigenvalue weighted by Crippen LogP contribution is 2.19. The highest BCUT2D eigenvalue weighted by atomic mass is 32.2. The lowest BCUT2D eigenvalue weighted by molar-refractivity contribution is 0.0618. The van der Waals surface area contributed by atoms with Gasteiger partial charge in [0, 0.05) is 43.4 Å². The van der Waals surface area contributed by atoms with Crippen LogP contribution in [0.2, 0.25) is 0 Å². The minimum absolute atomic E-state index is 0.0257. The van der Waals surface area contributed by atoms with Gasteiger partial charge in [-0.1, -0.05) is 39.0 Å². The van der Waals surface area contributed by atoms with Crippen LogP contribution in [0.15, 0.2) is 76.5 Å². The fraction of sp³-hybridized carbons (Fsp3) is 0.394. The van der Waals surface area contributed by atoms with Crippen molar-refractivity contribution >= 4 is 31.9 Å². The van der Waals surface area contributed by atoms with Crippen LogP contribution >= 0.6 is 0 Å². The molecule has 12 nitrogen and oxygen atoms in total. The van der Waals surface area contributed by atoms with Gasteiger partial charge in [0.1, 0.15) is 11.6 Å². The predicted octanol–water partition coefficient (Wildman–Crippen LogP) is 3.18. The molecule has 0 spiro atoms. The zero-order valence-corrected chi connectivity index (χ0v) is 29.2. The second-order valence-corrected chi connectivity index (χ2v) is 14.8. The molecule has 3 rings (SSSR count). The Labute approximate surface area is 286 Å². The molecule has 3 aromatic rings. The predicted molar refractivity (Wildman–Crippen MR) is 180 cm³/mol. The average molecular weight is 724 g/mol. The van der Waals surface area contributed by atoms with Crippen LogP contribution < -0.4 is 15.3 Å². The van der Waals surface area contributed by atoms with Crippen molar-refractivity contribution in [1.29, 1.82) is 0 Å². The first kappa shape index (κ1) is 39.6. The van der Waals surface area contributed by atoms with Crippen LogP contribution in [0, 0.1) is 11.6 Å². The highest BCUT2D eigenvalue weighted by Gasteiger charge is 2.28. The number of sulfonamides is 2. The number of nitrogens with zero attached hydrogens (tertiary/aromatic N) is 2. The number of aliphatic hydroxyl groups excluding tert-OH is 1. The molecule has 0 aliphatic rings. The van der Waals surface area contributed by atoms with Crippen LogP contribution in [0.5, 0.6) is 0 Å². The summed E-state index contributed by atoms with van der Waals surface area (Å²) in [7, 11) is -8.45. The Hall–Kier alpha value is -3.80. The van der Waals surface area contributed by atoms with E-state index in [1.807, 2.05) is 13.8 Å². The molecule has 268 valence electrons. The van der Waals surface area contributed by atoms with Crippen molar-refractivity contribution in [2.75, 3.05) is 26.2 Å². The molecule has 0 saturated heterocycles. The molecule has 5 N–H and O–H groups in total. The van der Waals surface area contributed by atoms with Gasteiger partial charge in [-0.25, -0.2) is 35.8 Å². The Kier molecular flexibility index (Phi) is 14.3. The number of nitrogens with two attached hydrogens (primary N) is 1. The topological polar surface area (TPSA) is 179 Å². The van der Waals surface area contributed by atoms with Gasteiger partial charge in [-0.15, -0.1) is 4.83 Å². The number of nitrogens with one attached hydrogen (secondary N) is 2. The first-order valence-electron chi connectivity index (χ1n) is 15.8. The van der Waals surface area contributed by atoms with Gasteiger partial charge < -0.3 is 15.3 Å². The van der Waals surface area contributed by atoms with Gasteiger partial charge in [-0.05, 0) is 73.7 Å². The highest BCUT2D eigenvalue weighted by molar-refractivity contribution is 7.89. The maximum absolute atomic E-state index is 14.1. The largest absolute Gasteiger partial charge is 0.390 e. The lowest BCUT2D eigenvalue weighted by Crippen LogP contribution is -2.53. The summed E-state index contributed by atoms with van der Waals surface area (Å²) in [5, 5.41) is 20.6. The molecule has 0 aliphatic heterocycles. The van der Waals surface area contributed by atoms with E-state index in [0.717, 1.165) is 24.3 Å². The third kappa shape index (κ3) is 11.6. The molecular formula is C33H43F2N5O7S2. The third-order valence-electron chi connectivity index (χ3n) is 7.38. The fourth-order valence-corrected chi connectivity index (χ4v) is 6.90. The van der Waals surface area contributed by atoms with E-state index in [1.165, 1.54) is 28.1 Å². The maximum Gasteiger partial charge on any atom is 0.253 e. The van der Waals surface area contributed by atoms with Gasteiger partial charge in [0.05, 0.1) is 21.9 Å². The molecule has 2 unspecified atom stereocenters. The average Bonchev–Trinajstić information content (AvgIpc) is 3.03. The second kappa shape index (κ2) is 17.7. The monoisotopic (exact) mass is 723 g/mol. The van der Waals surface area contributed by atoms with Crippen LogP contribution in [-0.2, 0) is 26.5 Å². The SMILES string of the molecule is CCCN(CC(O)C(Cc1cc(F)cc(F)c1)NC(=O)c1cc(C(=O)N(CCC)CCC)cc(S(N)(=O)=O)c1)NS(=O)(=O)c1ccccc1. The first-order valence-corrected chi connectivity index (χ1v) is 18.8. The Bertz CT molecular complexity index is 1790. The van der Waals surface area contributed by atoms with Crippen molar-refractivity contribution < 1.29 is 40.3 Å². The van der Waals surface area contributed by atoms with Crippen LogP contribution in [0.1, 0.15) is 66.3 Å². The van der Waals surface area contributed by atoms with Crippen molar-refractivity contribution in [1.82, 2.24) is 20.1 Å². The number of hydrazine groups is 1. The first-order chi connectivity index (χ1) is 23.1. The quantitative estimate of drug-likeness (QED) is 0.145. The van der Waals surface area contributed by atoms with Crippen LogP contribution in [0.3, 0.4) is 0 Å². The van der Waals surface area contributed by atoms with Crippen LogP contribution in [0.25, 0.3) is 0 Å². The molecule has 0 saturated carbocycles. The lowest BCUT2D eigenvalue weighted by atomic mass is 9.99. The van der Waals surface area contributed by atoms with Crippen molar-refractivity contribution in [3.63, 3.8) is 0 Å². The molecule has 3 aromatic carbocycles. The summed E-state index contributed by atoms with van der Waals surface area (Å²) < 4.78 is 79.1. The molecular weight excluding hydrogens is 681 g/mol. The summed E-state index contributed by atoms with van der Waals surface area (Å²) in [4.78, 5) is 30.6. The molecule has 0 bridgehead atoms. The van der Waals surface area contributed by atoms with E-state index in [9.17, 15) is 40.3 Å². The lowest BCUT2D eigenvalue weighted by Gasteiger charge is -2.30. The summed E-state index contributed by atoms with van der Waals surface area (Å²) in [5.41, 5.74) is -0.314. The van der Waals surface area contributed by atoms with Gasteiger partial charge in [0.15, 0.2) is 0 Å². The number of hydrogen-bond acceptors (Lipinski definition) is 8. The van der Waals surface area contributed by atoms with E-state index in [-0.39, 0.29) is 41.1 Å². The van der Waals surface area contributed by atoms with Gasteiger partial charge in [0.25, 0.3) is 21.8 Å². The minimum Gasteiger partial charge on any atom is -0.390 e. The number of halogens is 2. The summed E-state index contributed by atoms with van der Waals surface area (Å²) >= 11 is 0. The number of hydrogen-bond donors (Lipinski definition) is 4. The number of carbonyl (C=O) groups is 2. The number of aliphatic hydroxyl groups is 1. The molecule has 0 aromatic heterocycles. The zero-order chi connectivity index (χ0) is 36.4. The smallest absolute Gasteiger partial charge is 0.253 e. The Morgan fingerprint density at radius 2 is 1.39 bits per heavy atom. The van der Waals surface area contributed by atoms with E-state index in [1.54, 1.807) is 25.1 Å². The fourth-order valence-electron chi connectivity index (χ4n) is 5.19. The molecule has 2 amide bonds. The molecule has 0 radical (unpaired) electrons. The zero-order valence-electron chi connectivity index (χ0n) is 27.6. The van der Waals surface area contributed by atoms with Gasteiger partial charge in [0.2, 0.25) is 10.0 Å². The van der Waals surface area contributed by atoms with E-state index in [4.69, 9.17) is 5.14 Å². The summed E-state index contributed by atoms with van der Waals surface area (Å²) in [6.07, 6.45) is -0.128. The molecule has 0 heterocycles. The standard InChI is InChI=1S/C33H43F2N5O7S2/c1-4-12-39(13-5-2)33(43)25-18-24(19-29(20-25)48(36,44)45)32(42)37-30(17-23-15-26(34)21-27(35)16-23)31(41)22-40(14-6-3)38-49(46,47)28-10-8-7-9-11-28/h7-11,15-16,18-21,30-31,38,41H,4-6,12-14,17,22H2,1-3H3,(H,37,42)(H2,36,44,45). The second-order valence-electron chi connectivity index (χ2n) is 11.6. The van der Waals surface area contributed by atoms with E-state index >= 15 is 0 Å². The molecule has 0 aliphatic carbocycles. The molecule has 49 heavy (non-hydrogen) atoms. The third-order valence-corrected chi connectivity index (χ3v) is 9.67. The van der Waals surface area contributed by atoms with Crippen molar-refractivity contribution in [3.05, 3.63) is 95.1 Å². The Balaban J connectivity index is 2.00. The number of rotatable bonds is 18. The van der Waals surface area contributed by atoms with Gasteiger partial charge in [-0.2, -0.15) is 0 Å². The normalized spacial score (nSPS) is 13.2. The number of primary sulfonamides is 1. The summed E-state index contributed by atoms with van der Waals surface area (Å²) in [6, 6.07) is 12.2. The minimum atomic E-state index is -4.39. The number of carbonyl (C=O) groups excluding carboxylic acids is 2. The van der Waals surface area contributed by atoms with Gasteiger partial charge >= 0.3 is 0 Å². The van der Waals surface area contributed by atoms with E-state index in [0.29, 0.717) is 38.4 Å². The number of benzene rings is 3. The van der Waals surface area contributed by atoms with Crippen molar-refractivity contribution in [2.24, 2.45) is 5.14 Å². The van der Waals surface area contributed by atoms with Crippen LogP contribution in [-0.4, -0.2) is 82.0 Å². The van der Waals surface area contributed by atoms with Gasteiger partial charge in [-0.3, -0.25) is 9.59 Å². The van der Waals surface area contributed by atoms with Crippen molar-refractivity contribution in [3.8, 4) is 0 Å². The van der Waals surface area contributed by atoms with Crippen molar-refractivity contribution in [2.45, 2.75) is 68.4 Å². The van der Waals surface area contributed by atoms with E-state index in [2.05, 4.69) is 10.1 Å². The Morgan fingerprint density at radius 3 is 1.94 bits per heavy atom. The molecule has 2 atom stereocenters. The van der Waals surface area contributed by atoms with E-state index < -0.39 is 60.5 Å². The summed E-state index contributed by atoms with van der Waals surface area (Å²) in [6.45, 7) is 6.08.